The van der Waals surface area contributed by atoms with Gasteiger partial charge in [0.05, 0.1) is 54.2 Å². The summed E-state index contributed by atoms with van der Waals surface area (Å²) in [4.78, 5) is 128. The molecule has 0 aliphatic carbocycles. The molecule has 3 aromatic rings. The molecule has 484 valence electrons. The van der Waals surface area contributed by atoms with E-state index in [-0.39, 0.29) is 81.1 Å². The number of nitrogens with one attached hydrogen (secondary N) is 2. The Morgan fingerprint density at radius 2 is 1.76 bits per heavy atom. The average molecular weight is 1320 g/mol. The van der Waals surface area contributed by atoms with Crippen LogP contribution in [-0.2, 0) is 70.1 Å². The van der Waals surface area contributed by atoms with Gasteiger partial charge in [0, 0.05) is 86.4 Å². The molecule has 2 fully saturated rings. The molecule has 21 nitrogen and oxygen atoms in total. The lowest BCUT2D eigenvalue weighted by Crippen LogP contribution is -2.53. The second kappa shape index (κ2) is 31.7. The van der Waals surface area contributed by atoms with Crippen LogP contribution in [-0.4, -0.2) is 156 Å². The van der Waals surface area contributed by atoms with Gasteiger partial charge in [0.25, 0.3) is 5.91 Å². The fourth-order valence-corrected chi connectivity index (χ4v) is 11.8. The van der Waals surface area contributed by atoms with Gasteiger partial charge in [-0.2, -0.15) is 0 Å². The topological polar surface area (TPSA) is 293 Å². The summed E-state index contributed by atoms with van der Waals surface area (Å²) in [5.41, 5.74) is 6.67. The smallest absolute Gasteiger partial charge is 0.334 e. The van der Waals surface area contributed by atoms with Gasteiger partial charge in [-0.05, 0) is 114 Å². The zero-order valence-electron chi connectivity index (χ0n) is 52.6. The van der Waals surface area contributed by atoms with Gasteiger partial charge < -0.3 is 55.0 Å². The normalized spacial score (nSPS) is 24.0. The molecule has 5 amide bonds. The Kier molecular flexibility index (Phi) is 25.4. The molecule has 4 heterocycles. The number of unbranched alkanes of at least 4 members (excludes halogenated alkanes) is 2. The van der Waals surface area contributed by atoms with Crippen LogP contribution in [0.1, 0.15) is 133 Å². The molecule has 23 heteroatoms. The van der Waals surface area contributed by atoms with Gasteiger partial charge >= 0.3 is 23.9 Å². The number of fused-ring (bicyclic) bond motifs is 6. The first-order valence-electron chi connectivity index (χ1n) is 30.2. The first-order valence-corrected chi connectivity index (χ1v) is 31.7. The number of epoxide rings is 1. The summed E-state index contributed by atoms with van der Waals surface area (Å²) in [5, 5.41) is 18.6. The van der Waals surface area contributed by atoms with Crippen molar-refractivity contribution in [3.63, 3.8) is 0 Å². The quantitative estimate of drug-likeness (QED) is 0.0155. The molecule has 0 saturated carbocycles. The highest BCUT2D eigenvalue weighted by Crippen LogP contribution is 2.50. The highest BCUT2D eigenvalue weighted by molar-refractivity contribution is 9.09. The number of allylic oxidation sites excluding steroid dienone is 3. The molecule has 6 rings (SSSR count). The van der Waals surface area contributed by atoms with Gasteiger partial charge in [0.2, 0.25) is 11.8 Å². The van der Waals surface area contributed by atoms with E-state index in [1.165, 1.54) is 36.9 Å². The van der Waals surface area contributed by atoms with Crippen molar-refractivity contribution in [2.24, 2.45) is 23.5 Å². The van der Waals surface area contributed by atoms with Crippen LogP contribution in [0.5, 0.6) is 0 Å². The van der Waals surface area contributed by atoms with Gasteiger partial charge in [-0.25, -0.2) is 14.4 Å². The number of aliphatic hydroxyl groups is 1. The number of pyridine rings is 1. The van der Waals surface area contributed by atoms with Crippen molar-refractivity contribution in [1.82, 2.24) is 20.5 Å². The van der Waals surface area contributed by atoms with Crippen molar-refractivity contribution in [3.05, 3.63) is 106 Å². The number of aromatic nitrogens is 1. The minimum Gasteiger partial charge on any atom is -0.462 e. The summed E-state index contributed by atoms with van der Waals surface area (Å²) in [6.07, 6.45) is 3.69. The Morgan fingerprint density at radius 1 is 1.03 bits per heavy atom. The summed E-state index contributed by atoms with van der Waals surface area (Å²) < 4.78 is 29.4. The molecule has 89 heavy (non-hydrogen) atoms. The van der Waals surface area contributed by atoms with Crippen molar-refractivity contribution >= 4 is 97.3 Å². The number of anilines is 1. The standard InChI is InChI=1S/C66H86BrClN6O15/c1-37(2)48(32-47(75)18-13-12-14-26-86-62(81)40(5)36-67)60(79)72-50(19-16-25-70-64(69)83)52(76)31-46-23-21-44-30-45(22-24-49(44)71-46)61(80)73(9)42(7)63(82)88-55-33-56(77)74(10)51-29-43(28-39(4)58(51)68)27-38(3)17-15-20-54(85-11)66(84)34-53(87-57(78)35-66)41(6)59-65(55,8)89-59/h15,17,20-24,28-30,37,41-42,48,50,53-55,59,84H,5,12-14,16,18-19,25-27,31-36H2,1-4,6-11H3,(H,72,79)(H3,69,70,83)/b20-15+,38-17+/t41-,42+,48+,50+,53+,54-,55+,59+,65+,66-/m1/s1. The Balaban J connectivity index is 1.15. The van der Waals surface area contributed by atoms with Crippen LogP contribution < -0.4 is 21.3 Å². The number of amides is 5. The Labute approximate surface area is 534 Å². The molecule has 2 saturated heterocycles. The molecule has 3 aliphatic heterocycles. The van der Waals surface area contributed by atoms with Crippen molar-refractivity contribution in [3.8, 4) is 0 Å². The van der Waals surface area contributed by atoms with E-state index in [1.807, 2.05) is 45.9 Å². The van der Waals surface area contributed by atoms with Crippen molar-refractivity contribution in [2.45, 2.75) is 173 Å². The number of Topliss-reactive ketones (excluding diaryl/α,β-unsaturated/α-hetero) is 2. The summed E-state index contributed by atoms with van der Waals surface area (Å²) in [7, 11) is 4.49. The van der Waals surface area contributed by atoms with Gasteiger partial charge in [-0.15, -0.1) is 0 Å². The number of benzene rings is 2. The summed E-state index contributed by atoms with van der Waals surface area (Å²) in [6.45, 7) is 16.4. The summed E-state index contributed by atoms with van der Waals surface area (Å²) >= 11 is 10.1. The maximum atomic E-state index is 14.5. The minimum atomic E-state index is -1.64. The van der Waals surface area contributed by atoms with E-state index in [9.17, 15) is 48.3 Å². The first-order chi connectivity index (χ1) is 42.0. The molecule has 0 spiro atoms. The molecule has 4 bridgehead atoms. The Bertz CT molecular complexity index is 3230. The number of likely N-dealkylation sites (N-methyl/N-ethyl adjacent to an activating group) is 1. The van der Waals surface area contributed by atoms with E-state index in [0.29, 0.717) is 70.3 Å². The van der Waals surface area contributed by atoms with E-state index < -0.39 is 101 Å². The molecular weight excluding hydrogens is 1230 g/mol. The van der Waals surface area contributed by atoms with Crippen LogP contribution in [0.4, 0.5) is 10.5 Å². The molecule has 0 radical (unpaired) electrons. The van der Waals surface area contributed by atoms with Crippen LogP contribution >= 0.6 is 27.5 Å². The lowest BCUT2D eigenvalue weighted by molar-refractivity contribution is -0.187. The van der Waals surface area contributed by atoms with Gasteiger partial charge in [0.1, 0.15) is 41.3 Å². The number of nitrogens with two attached hydrogens (primary N) is 1. The van der Waals surface area contributed by atoms with Crippen molar-refractivity contribution < 1.29 is 71.9 Å². The maximum Gasteiger partial charge on any atom is 0.334 e. The highest BCUT2D eigenvalue weighted by Gasteiger charge is 2.64. The zero-order chi connectivity index (χ0) is 65.7. The molecule has 1 aromatic heterocycles. The number of hydrogen-bond donors (Lipinski definition) is 4. The number of esters is 3. The van der Waals surface area contributed by atoms with Crippen molar-refractivity contribution in [2.75, 3.05) is 44.6 Å². The van der Waals surface area contributed by atoms with E-state index in [1.54, 1.807) is 57.3 Å². The number of aryl methyl sites for hydroxylation is 1. The molecule has 2 aromatic carbocycles. The third-order valence-electron chi connectivity index (χ3n) is 17.1. The number of carbonyl (C=O) groups excluding carboxylic acids is 9. The fraction of sp³-hybridized carbons (Fsp3) is 0.545. The number of ketones is 2. The number of ether oxygens (including phenoxy) is 5. The van der Waals surface area contributed by atoms with E-state index in [4.69, 9.17) is 46.0 Å². The molecule has 3 aliphatic rings. The van der Waals surface area contributed by atoms with E-state index >= 15 is 0 Å². The maximum absolute atomic E-state index is 14.5. The molecule has 0 unspecified atom stereocenters. The largest absolute Gasteiger partial charge is 0.462 e. The second-order valence-electron chi connectivity index (χ2n) is 24.4. The Hall–Kier alpha value is -6.85. The van der Waals surface area contributed by atoms with Crippen molar-refractivity contribution in [1.29, 1.82) is 0 Å². The van der Waals surface area contributed by atoms with Crippen LogP contribution in [0.3, 0.4) is 0 Å². The number of rotatable bonds is 25. The fourth-order valence-electron chi connectivity index (χ4n) is 11.4. The number of halogens is 2. The van der Waals surface area contributed by atoms with Gasteiger partial charge in [-0.1, -0.05) is 90.8 Å². The average Bonchev–Trinajstić information content (AvgIpc) is 1.58. The van der Waals surface area contributed by atoms with E-state index in [0.717, 1.165) is 16.7 Å². The zero-order valence-corrected chi connectivity index (χ0v) is 55.0. The predicted octanol–water partition coefficient (Wildman–Crippen LogP) is 8.26. The van der Waals surface area contributed by atoms with Crippen LogP contribution in [0, 0.1) is 24.7 Å². The Morgan fingerprint density at radius 3 is 2.45 bits per heavy atom. The molecule has 10 atom stereocenters. The lowest BCUT2D eigenvalue weighted by atomic mass is 9.78. The minimum absolute atomic E-state index is 0.00276. The number of primary amides is 1. The summed E-state index contributed by atoms with van der Waals surface area (Å²) in [5.74, 6) is -5.42. The third kappa shape index (κ3) is 18.9. The lowest BCUT2D eigenvalue weighted by Gasteiger charge is -2.41. The molecular formula is C66H86BrClN6O15. The summed E-state index contributed by atoms with van der Waals surface area (Å²) in [6, 6.07) is 8.92. The number of urea groups is 1. The van der Waals surface area contributed by atoms with Crippen LogP contribution in [0.15, 0.2) is 78.4 Å². The first kappa shape index (κ1) is 71.2. The third-order valence-corrected chi connectivity index (χ3v) is 18.3. The molecule has 5 N–H and O–H groups in total. The van der Waals surface area contributed by atoms with Gasteiger partial charge in [-0.3, -0.25) is 33.8 Å². The second-order valence-corrected chi connectivity index (χ2v) is 25.3. The number of alkyl halides is 1. The number of carbonyl (C=O) groups is 9. The number of methoxy groups -OCH3 is 1. The van der Waals surface area contributed by atoms with Crippen LogP contribution in [0.2, 0.25) is 5.02 Å². The van der Waals surface area contributed by atoms with Crippen LogP contribution in [0.25, 0.3) is 10.9 Å². The predicted molar refractivity (Wildman–Crippen MR) is 339 cm³/mol. The number of hydrogen-bond acceptors (Lipinski definition) is 16. The number of nitrogens with zero attached hydrogens (tertiary/aromatic N) is 3. The highest BCUT2D eigenvalue weighted by atomic mass is 79.9. The van der Waals surface area contributed by atoms with Gasteiger partial charge in [0.15, 0.2) is 5.78 Å². The van der Waals surface area contributed by atoms with E-state index in [2.05, 4.69) is 33.1 Å². The monoisotopic (exact) mass is 1320 g/mol. The SMILES string of the molecule is C=C(CBr)C(=O)OCCCCCC(=O)C[C@H](C(=O)N[C@@H](CCCNC(N)=O)C(=O)Cc1ccc2cc(C(=O)N(C)[C@@H](C)C(=O)O[C@H]3CC(=O)N(C)c4cc(cc(C)c4Cl)C/C(C)=C/C=C/[C@@H](OC)[C@]4(O)CC(=O)O[C@@H](C4)[C@@H](C)[C@@H]4O[C@@]34C)ccc2n1)C(C)C.